The van der Waals surface area contributed by atoms with Gasteiger partial charge in [-0.25, -0.2) is 0 Å². The molecule has 0 unspecified atom stereocenters. The van der Waals surface area contributed by atoms with Crippen LogP contribution in [0.1, 0.15) is 26.7 Å². The van der Waals surface area contributed by atoms with Gasteiger partial charge < -0.3 is 19.2 Å². The summed E-state index contributed by atoms with van der Waals surface area (Å²) in [4.78, 5) is 39.4. The number of fused-ring (bicyclic) bond motifs is 1. The summed E-state index contributed by atoms with van der Waals surface area (Å²) in [5, 5.41) is 2.76. The first-order valence-electron chi connectivity index (χ1n) is 11.3. The summed E-state index contributed by atoms with van der Waals surface area (Å²) in [6.07, 6.45) is 0. The number of rotatable bonds is 8. The van der Waals surface area contributed by atoms with Gasteiger partial charge in [0, 0.05) is 11.3 Å². The van der Waals surface area contributed by atoms with E-state index in [0.717, 1.165) is 0 Å². The topological polar surface area (TPSA) is 98.1 Å². The maximum absolute atomic E-state index is 12.7. The molecule has 0 atom stereocenters. The van der Waals surface area contributed by atoms with Crippen LogP contribution >= 0.6 is 0 Å². The molecule has 1 aliphatic heterocycles. The number of carbonyl (C=O) groups is 3. The number of ether oxygens (including phenoxy) is 2. The van der Waals surface area contributed by atoms with Crippen LogP contribution in [-0.2, 0) is 11.3 Å². The van der Waals surface area contributed by atoms with Gasteiger partial charge in [0.15, 0.2) is 24.8 Å². The molecule has 0 aliphatic carbocycles. The Kier molecular flexibility index (Phi) is 6.48. The van der Waals surface area contributed by atoms with Crippen molar-refractivity contribution >= 4 is 29.0 Å². The maximum atomic E-state index is 12.7. The largest absolute Gasteiger partial charge is 0.485 e. The van der Waals surface area contributed by atoms with Gasteiger partial charge in [-0.05, 0) is 54.6 Å². The zero-order valence-electron chi connectivity index (χ0n) is 19.2. The van der Waals surface area contributed by atoms with Crippen molar-refractivity contribution in [3.8, 4) is 11.5 Å². The van der Waals surface area contributed by atoms with E-state index in [2.05, 4.69) is 5.32 Å². The monoisotopic (exact) mass is 482 g/mol. The lowest BCUT2D eigenvalue weighted by Gasteiger charge is -2.29. The van der Waals surface area contributed by atoms with Gasteiger partial charge in [0.1, 0.15) is 17.3 Å². The average molecular weight is 482 g/mol. The molecule has 5 rings (SSSR count). The van der Waals surface area contributed by atoms with Gasteiger partial charge in [-0.1, -0.05) is 36.4 Å². The molecule has 180 valence electrons. The number of hydrogen-bond donors (Lipinski definition) is 1. The van der Waals surface area contributed by atoms with Crippen LogP contribution in [0, 0.1) is 0 Å². The number of Topliss-reactive ketones (excluding diaryl/α,β-unsaturated/α-hetero) is 1. The Morgan fingerprint density at radius 1 is 0.917 bits per heavy atom. The minimum Gasteiger partial charge on any atom is -0.485 e. The highest BCUT2D eigenvalue weighted by atomic mass is 16.5. The summed E-state index contributed by atoms with van der Waals surface area (Å²) in [7, 11) is 0. The molecule has 0 bridgehead atoms. The molecule has 0 fully saturated rings. The van der Waals surface area contributed by atoms with Gasteiger partial charge in [-0.15, -0.1) is 0 Å². The molecule has 36 heavy (non-hydrogen) atoms. The molecule has 4 aromatic rings. The van der Waals surface area contributed by atoms with E-state index >= 15 is 0 Å². The lowest BCUT2D eigenvalue weighted by molar-refractivity contribution is -0.121. The summed E-state index contributed by atoms with van der Waals surface area (Å²) < 4.78 is 16.8. The molecule has 2 amide bonds. The number of hydrogen-bond acceptors (Lipinski definition) is 6. The molecular weight excluding hydrogens is 460 g/mol. The SMILES string of the molecule is O=C(COc1ccccc1)c1ccc2c(c1)N(Cc1ccc(C(=O)Nc3ccccc3)o1)C(=O)CO2. The van der Waals surface area contributed by atoms with Gasteiger partial charge >= 0.3 is 0 Å². The molecule has 0 saturated heterocycles. The number of nitrogens with zero attached hydrogens (tertiary/aromatic N) is 1. The van der Waals surface area contributed by atoms with Crippen LogP contribution < -0.4 is 19.7 Å². The second kappa shape index (κ2) is 10.2. The number of anilines is 2. The first-order chi connectivity index (χ1) is 17.6. The highest BCUT2D eigenvalue weighted by Crippen LogP contribution is 2.34. The molecule has 0 saturated carbocycles. The predicted octanol–water partition coefficient (Wildman–Crippen LogP) is 4.72. The van der Waals surface area contributed by atoms with Crippen LogP contribution in [0.4, 0.5) is 11.4 Å². The second-order valence-electron chi connectivity index (χ2n) is 8.06. The Labute approximate surface area is 207 Å². The molecule has 1 N–H and O–H groups in total. The van der Waals surface area contributed by atoms with Gasteiger partial charge in [0.2, 0.25) is 0 Å². The third-order valence-corrected chi connectivity index (χ3v) is 5.57. The lowest BCUT2D eigenvalue weighted by Crippen LogP contribution is -2.38. The molecule has 1 aromatic heterocycles. The fourth-order valence-corrected chi connectivity index (χ4v) is 3.75. The zero-order valence-corrected chi connectivity index (χ0v) is 19.2. The van der Waals surface area contributed by atoms with Crippen molar-refractivity contribution in [3.05, 3.63) is 108 Å². The molecule has 8 nitrogen and oxygen atoms in total. The fraction of sp³-hybridized carbons (Fsp3) is 0.107. The third-order valence-electron chi connectivity index (χ3n) is 5.57. The van der Waals surface area contributed by atoms with E-state index in [1.807, 2.05) is 36.4 Å². The number of amides is 2. The van der Waals surface area contributed by atoms with E-state index in [1.165, 1.54) is 4.90 Å². The highest BCUT2D eigenvalue weighted by molar-refractivity contribution is 6.03. The van der Waals surface area contributed by atoms with E-state index in [4.69, 9.17) is 13.9 Å². The zero-order chi connectivity index (χ0) is 24.9. The Bertz CT molecular complexity index is 1400. The quantitative estimate of drug-likeness (QED) is 0.365. The molecule has 1 aliphatic rings. The first-order valence-corrected chi connectivity index (χ1v) is 11.3. The van der Waals surface area contributed by atoms with Crippen LogP contribution in [0.25, 0.3) is 0 Å². The highest BCUT2D eigenvalue weighted by Gasteiger charge is 2.28. The summed E-state index contributed by atoms with van der Waals surface area (Å²) in [5.74, 6) is 0.678. The minimum absolute atomic E-state index is 0.0754. The van der Waals surface area contributed by atoms with Gasteiger partial charge in [-0.2, -0.15) is 0 Å². The standard InChI is InChI=1S/C28H22N2O6/c31-24(17-34-21-9-5-2-6-10-21)19-11-13-25-23(15-19)30(27(32)18-35-25)16-22-12-14-26(36-22)28(33)29-20-7-3-1-4-8-20/h1-15H,16-18H2,(H,29,33). The van der Waals surface area contributed by atoms with Gasteiger partial charge in [0.25, 0.3) is 11.8 Å². The van der Waals surface area contributed by atoms with Crippen LogP contribution in [-0.4, -0.2) is 30.8 Å². The number of benzene rings is 3. The number of nitrogens with one attached hydrogen (secondary N) is 1. The number of furan rings is 1. The van der Waals surface area contributed by atoms with Crippen LogP contribution in [0.2, 0.25) is 0 Å². The number of carbonyl (C=O) groups excluding carboxylic acids is 3. The lowest BCUT2D eigenvalue weighted by atomic mass is 10.1. The molecule has 3 aromatic carbocycles. The van der Waals surface area contributed by atoms with Crippen LogP contribution in [0.5, 0.6) is 11.5 Å². The van der Waals surface area contributed by atoms with E-state index in [-0.39, 0.29) is 37.2 Å². The number of ketones is 1. The van der Waals surface area contributed by atoms with Gasteiger partial charge in [0.05, 0.1) is 12.2 Å². The van der Waals surface area contributed by atoms with Crippen LogP contribution in [0.15, 0.2) is 95.4 Å². The van der Waals surface area contributed by atoms with Crippen molar-refractivity contribution in [1.29, 1.82) is 0 Å². The van der Waals surface area contributed by atoms with E-state index < -0.39 is 5.91 Å². The van der Waals surface area contributed by atoms with Crippen molar-refractivity contribution in [2.24, 2.45) is 0 Å². The summed E-state index contributed by atoms with van der Waals surface area (Å²) in [5.41, 5.74) is 1.48. The Hall–Kier alpha value is -4.85. The molecule has 0 radical (unpaired) electrons. The molecule has 8 heteroatoms. The van der Waals surface area contributed by atoms with Crippen molar-refractivity contribution in [2.45, 2.75) is 6.54 Å². The van der Waals surface area contributed by atoms with Crippen molar-refractivity contribution in [3.63, 3.8) is 0 Å². The average Bonchev–Trinajstić information content (AvgIpc) is 3.39. The number of para-hydroxylation sites is 2. The third kappa shape index (κ3) is 5.12. The molecule has 0 spiro atoms. The van der Waals surface area contributed by atoms with E-state index in [0.29, 0.717) is 34.2 Å². The van der Waals surface area contributed by atoms with E-state index in [1.54, 1.807) is 54.6 Å². The summed E-state index contributed by atoms with van der Waals surface area (Å²) >= 11 is 0. The molecular formula is C28H22N2O6. The maximum Gasteiger partial charge on any atom is 0.291 e. The summed E-state index contributed by atoms with van der Waals surface area (Å²) in [6.45, 7) is -0.207. The Morgan fingerprint density at radius 2 is 1.67 bits per heavy atom. The second-order valence-corrected chi connectivity index (χ2v) is 8.06. The van der Waals surface area contributed by atoms with Gasteiger partial charge in [-0.3, -0.25) is 19.3 Å². The van der Waals surface area contributed by atoms with Crippen molar-refractivity contribution in [1.82, 2.24) is 0 Å². The smallest absolute Gasteiger partial charge is 0.291 e. The van der Waals surface area contributed by atoms with Crippen molar-refractivity contribution in [2.75, 3.05) is 23.4 Å². The fourth-order valence-electron chi connectivity index (χ4n) is 3.75. The van der Waals surface area contributed by atoms with Crippen LogP contribution in [0.3, 0.4) is 0 Å². The molecule has 2 heterocycles. The Balaban J connectivity index is 1.30. The predicted molar refractivity (Wildman–Crippen MR) is 132 cm³/mol. The first kappa shape index (κ1) is 22.9. The van der Waals surface area contributed by atoms with Crippen molar-refractivity contribution < 1.29 is 28.3 Å². The normalized spacial score (nSPS) is 12.4. The summed E-state index contributed by atoms with van der Waals surface area (Å²) in [6, 6.07) is 26.2. The van der Waals surface area contributed by atoms with E-state index in [9.17, 15) is 14.4 Å². The minimum atomic E-state index is -0.396. The Morgan fingerprint density at radius 3 is 2.44 bits per heavy atom.